The van der Waals surface area contributed by atoms with E-state index >= 15 is 0 Å². The molecule has 1 aromatic heterocycles. The van der Waals surface area contributed by atoms with Crippen LogP contribution in [-0.4, -0.2) is 47.0 Å². The van der Waals surface area contributed by atoms with E-state index in [0.29, 0.717) is 36.2 Å². The lowest BCUT2D eigenvalue weighted by Gasteiger charge is -2.19. The maximum absolute atomic E-state index is 14.7. The first-order valence-electron chi connectivity index (χ1n) is 10.1. The average Bonchev–Trinajstić information content (AvgIpc) is 3.59. The van der Waals surface area contributed by atoms with Crippen molar-refractivity contribution in [3.05, 3.63) is 53.0 Å². The lowest BCUT2D eigenvalue weighted by molar-refractivity contribution is -0.118. The molecule has 3 N–H and O–H groups in total. The van der Waals surface area contributed by atoms with Gasteiger partial charge in [0, 0.05) is 25.2 Å². The Hall–Kier alpha value is -3.62. The number of carbonyl (C=O) groups excluding carboxylic acids is 2. The zero-order valence-corrected chi connectivity index (χ0v) is 17.1. The van der Waals surface area contributed by atoms with Gasteiger partial charge in [-0.05, 0) is 55.5 Å². The van der Waals surface area contributed by atoms with Crippen LogP contribution in [0.25, 0.3) is 0 Å². The number of halogens is 1. The summed E-state index contributed by atoms with van der Waals surface area (Å²) in [6.07, 6.45) is 4.53. The zero-order chi connectivity index (χ0) is 22.1. The lowest BCUT2D eigenvalue weighted by atomic mass is 10.0. The van der Waals surface area contributed by atoms with Crippen LogP contribution >= 0.6 is 0 Å². The predicted molar refractivity (Wildman–Crippen MR) is 115 cm³/mol. The summed E-state index contributed by atoms with van der Waals surface area (Å²) in [5, 5.41) is 18.4. The van der Waals surface area contributed by atoms with E-state index in [4.69, 9.17) is 10.8 Å². The van der Waals surface area contributed by atoms with Crippen LogP contribution in [0.4, 0.5) is 15.9 Å². The molecule has 8 nitrogen and oxygen atoms in total. The molecule has 9 heteroatoms. The number of carbonyl (C=O) groups is 2. The number of amides is 2. The second kappa shape index (κ2) is 8.25. The molecule has 1 aromatic carbocycles. The van der Waals surface area contributed by atoms with E-state index in [9.17, 15) is 14.0 Å². The van der Waals surface area contributed by atoms with Crippen molar-refractivity contribution in [1.82, 2.24) is 9.88 Å². The number of hydrogen-bond acceptors (Lipinski definition) is 5. The third kappa shape index (κ3) is 4.16. The van der Waals surface area contributed by atoms with E-state index in [2.05, 4.69) is 10.3 Å². The Bertz CT molecular complexity index is 1080. The maximum Gasteiger partial charge on any atom is 0.259 e. The van der Waals surface area contributed by atoms with Gasteiger partial charge in [0.05, 0.1) is 11.9 Å². The molecular formula is C22H23FN6O2. The Labute approximate surface area is 179 Å². The Morgan fingerprint density at radius 1 is 1.32 bits per heavy atom. The third-order valence-corrected chi connectivity index (χ3v) is 5.56. The van der Waals surface area contributed by atoms with Gasteiger partial charge in [-0.2, -0.15) is 0 Å². The van der Waals surface area contributed by atoms with Crippen LogP contribution in [0, 0.1) is 16.6 Å². The standard InChI is InChI=1S/C22H23FN6O2/c1-28-18-11-15(16(23)10-13(18)4-2-7-20(28)30)22(31)27-19-6-3-5-17(26-19)21(25)29(12-24)14-8-9-14/h3,5-6,10-12,14,24-25H,2,4,7-9H2,1H3,(H,26,27,31). The summed E-state index contributed by atoms with van der Waals surface area (Å²) in [6.45, 7) is 0. The average molecular weight is 422 g/mol. The highest BCUT2D eigenvalue weighted by Gasteiger charge is 2.31. The summed E-state index contributed by atoms with van der Waals surface area (Å²) in [5.74, 6) is -1.17. The van der Waals surface area contributed by atoms with Gasteiger partial charge in [-0.15, -0.1) is 0 Å². The fourth-order valence-electron chi connectivity index (χ4n) is 3.68. The number of aryl methyl sites for hydroxylation is 1. The molecule has 0 saturated heterocycles. The summed E-state index contributed by atoms with van der Waals surface area (Å²) < 4.78 is 14.7. The van der Waals surface area contributed by atoms with Crippen LogP contribution in [0.3, 0.4) is 0 Å². The van der Waals surface area contributed by atoms with Gasteiger partial charge in [0.15, 0.2) is 5.84 Å². The number of rotatable bonds is 5. The number of benzene rings is 1. The predicted octanol–water partition coefficient (Wildman–Crippen LogP) is 3.17. The maximum atomic E-state index is 14.7. The summed E-state index contributed by atoms with van der Waals surface area (Å²) in [5.41, 5.74) is 1.36. The van der Waals surface area contributed by atoms with Gasteiger partial charge in [-0.1, -0.05) is 6.07 Å². The number of pyridine rings is 1. The molecule has 2 aliphatic rings. The monoisotopic (exact) mass is 422 g/mol. The van der Waals surface area contributed by atoms with E-state index in [1.165, 1.54) is 21.9 Å². The number of nitrogens with zero attached hydrogens (tertiary/aromatic N) is 3. The number of fused-ring (bicyclic) bond motifs is 1. The number of anilines is 2. The van der Waals surface area contributed by atoms with Crippen LogP contribution in [0.15, 0.2) is 30.3 Å². The van der Waals surface area contributed by atoms with Crippen LogP contribution in [0.5, 0.6) is 0 Å². The molecule has 2 amide bonds. The van der Waals surface area contributed by atoms with Crippen molar-refractivity contribution < 1.29 is 14.0 Å². The highest BCUT2D eigenvalue weighted by Crippen LogP contribution is 2.29. The SMILES string of the molecule is CN1C(=O)CCCc2cc(F)c(C(=O)Nc3cccc(C(=N)N(C=N)C4CC4)n3)cc21. The van der Waals surface area contributed by atoms with Crippen LogP contribution in [-0.2, 0) is 11.2 Å². The molecule has 1 saturated carbocycles. The first-order valence-corrected chi connectivity index (χ1v) is 10.1. The van der Waals surface area contributed by atoms with E-state index in [1.54, 1.807) is 25.2 Å². The number of hydrogen-bond donors (Lipinski definition) is 3. The first kappa shape index (κ1) is 20.6. The van der Waals surface area contributed by atoms with Gasteiger partial charge >= 0.3 is 0 Å². The van der Waals surface area contributed by atoms with Crippen LogP contribution < -0.4 is 10.2 Å². The molecule has 31 heavy (non-hydrogen) atoms. The van der Waals surface area contributed by atoms with Crippen molar-refractivity contribution in [2.24, 2.45) is 0 Å². The topological polar surface area (TPSA) is 113 Å². The third-order valence-electron chi connectivity index (χ3n) is 5.56. The molecular weight excluding hydrogens is 399 g/mol. The smallest absolute Gasteiger partial charge is 0.259 e. The first-order chi connectivity index (χ1) is 14.9. The second-order valence-corrected chi connectivity index (χ2v) is 7.75. The normalized spacial score (nSPS) is 15.7. The zero-order valence-electron chi connectivity index (χ0n) is 17.1. The summed E-state index contributed by atoms with van der Waals surface area (Å²) in [4.78, 5) is 32.2. The van der Waals surface area contributed by atoms with E-state index < -0.39 is 11.7 Å². The van der Waals surface area contributed by atoms with Crippen molar-refractivity contribution in [3.63, 3.8) is 0 Å². The second-order valence-electron chi connectivity index (χ2n) is 7.75. The van der Waals surface area contributed by atoms with E-state index in [0.717, 1.165) is 19.2 Å². The lowest BCUT2D eigenvalue weighted by Crippen LogP contribution is -2.32. The minimum atomic E-state index is -0.687. The van der Waals surface area contributed by atoms with Crippen molar-refractivity contribution in [2.75, 3.05) is 17.3 Å². The fourth-order valence-corrected chi connectivity index (χ4v) is 3.68. The quantitative estimate of drug-likeness (QED) is 0.507. The van der Waals surface area contributed by atoms with Gasteiger partial charge in [0.1, 0.15) is 17.3 Å². The molecule has 1 aliphatic heterocycles. The molecule has 0 radical (unpaired) electrons. The van der Waals surface area contributed by atoms with E-state index in [1.807, 2.05) is 0 Å². The highest BCUT2D eigenvalue weighted by atomic mass is 19.1. The Morgan fingerprint density at radius 3 is 2.81 bits per heavy atom. The number of aromatic nitrogens is 1. The van der Waals surface area contributed by atoms with E-state index in [-0.39, 0.29) is 29.2 Å². The van der Waals surface area contributed by atoms with Gasteiger partial charge in [-0.3, -0.25) is 20.4 Å². The van der Waals surface area contributed by atoms with Gasteiger partial charge in [0.25, 0.3) is 5.91 Å². The van der Waals surface area contributed by atoms with Crippen LogP contribution in [0.2, 0.25) is 0 Å². The molecule has 4 rings (SSSR count). The van der Waals surface area contributed by atoms with Gasteiger partial charge in [-0.25, -0.2) is 9.37 Å². The molecule has 1 fully saturated rings. The molecule has 2 heterocycles. The Kier molecular flexibility index (Phi) is 5.50. The molecule has 0 unspecified atom stereocenters. The van der Waals surface area contributed by atoms with Crippen LogP contribution in [0.1, 0.15) is 47.3 Å². The van der Waals surface area contributed by atoms with Gasteiger partial charge < -0.3 is 15.1 Å². The molecule has 0 spiro atoms. The molecule has 2 aromatic rings. The summed E-state index contributed by atoms with van der Waals surface area (Å²) in [7, 11) is 1.62. The van der Waals surface area contributed by atoms with Crippen molar-refractivity contribution in [1.29, 1.82) is 10.8 Å². The van der Waals surface area contributed by atoms with Gasteiger partial charge in [0.2, 0.25) is 5.91 Å². The Balaban J connectivity index is 1.57. The minimum absolute atomic E-state index is 0.0731. The number of nitrogens with one attached hydrogen (secondary N) is 3. The van der Waals surface area contributed by atoms with Crippen molar-refractivity contribution >= 4 is 35.5 Å². The molecule has 0 bridgehead atoms. The fraction of sp³-hybridized carbons (Fsp3) is 0.318. The molecule has 1 aliphatic carbocycles. The summed E-state index contributed by atoms with van der Waals surface area (Å²) in [6, 6.07) is 7.67. The minimum Gasteiger partial charge on any atom is -0.315 e. The number of amidine groups is 1. The molecule has 160 valence electrons. The summed E-state index contributed by atoms with van der Waals surface area (Å²) >= 11 is 0. The molecule has 0 atom stereocenters. The Morgan fingerprint density at radius 2 is 2.10 bits per heavy atom. The van der Waals surface area contributed by atoms with Crippen molar-refractivity contribution in [3.8, 4) is 0 Å². The largest absolute Gasteiger partial charge is 0.315 e. The van der Waals surface area contributed by atoms with Crippen molar-refractivity contribution in [2.45, 2.75) is 38.1 Å². The highest BCUT2D eigenvalue weighted by molar-refractivity contribution is 6.06.